The molecule has 242 valence electrons. The number of thiazole rings is 1. The van der Waals surface area contributed by atoms with Crippen LogP contribution in [0.4, 0.5) is 16.5 Å². The monoisotopic (exact) mass is 677 g/mol. The van der Waals surface area contributed by atoms with Crippen molar-refractivity contribution in [3.63, 3.8) is 0 Å². The fraction of sp³-hybridized carbons (Fsp3) is 0.111. The SMILES string of the molecule is CCC(Sc1cccc(NC(=O)/C(=C\c2cccc(C)c2)NC(=O)c2ccccc2)c1)C(=O)Nc1nc(-c2cccc([N+](=O)[O-])c2)cs1. The van der Waals surface area contributed by atoms with Gasteiger partial charge in [-0.1, -0.05) is 73.2 Å². The second-order valence-electron chi connectivity index (χ2n) is 10.6. The zero-order valence-electron chi connectivity index (χ0n) is 26.0. The Morgan fingerprint density at radius 2 is 1.71 bits per heavy atom. The number of aryl methyl sites for hydroxylation is 1. The summed E-state index contributed by atoms with van der Waals surface area (Å²) in [5.74, 6) is -1.16. The van der Waals surface area contributed by atoms with Crippen molar-refractivity contribution in [3.05, 3.63) is 141 Å². The molecule has 1 heterocycles. The summed E-state index contributed by atoms with van der Waals surface area (Å²) in [4.78, 5) is 55.6. The largest absolute Gasteiger partial charge is 0.321 e. The highest BCUT2D eigenvalue weighted by atomic mass is 32.2. The van der Waals surface area contributed by atoms with Crippen molar-refractivity contribution in [1.82, 2.24) is 10.3 Å². The van der Waals surface area contributed by atoms with E-state index in [-0.39, 0.29) is 17.3 Å². The van der Waals surface area contributed by atoms with E-state index in [2.05, 4.69) is 20.9 Å². The van der Waals surface area contributed by atoms with E-state index in [0.717, 1.165) is 16.0 Å². The topological polar surface area (TPSA) is 143 Å². The Bertz CT molecular complexity index is 1990. The number of aromatic nitrogens is 1. The highest BCUT2D eigenvalue weighted by Crippen LogP contribution is 2.31. The number of nitro groups is 1. The van der Waals surface area contributed by atoms with Gasteiger partial charge in [-0.25, -0.2) is 4.98 Å². The number of amides is 3. The second kappa shape index (κ2) is 15.8. The molecule has 3 N–H and O–H groups in total. The molecule has 4 aromatic carbocycles. The minimum atomic E-state index is -0.504. The summed E-state index contributed by atoms with van der Waals surface area (Å²) in [7, 11) is 0. The molecular weight excluding hydrogens is 647 g/mol. The van der Waals surface area contributed by atoms with Crippen LogP contribution in [-0.4, -0.2) is 32.9 Å². The van der Waals surface area contributed by atoms with Gasteiger partial charge in [-0.2, -0.15) is 0 Å². The second-order valence-corrected chi connectivity index (χ2v) is 12.8. The van der Waals surface area contributed by atoms with E-state index in [1.54, 1.807) is 66.1 Å². The number of carbonyl (C=O) groups excluding carboxylic acids is 3. The Labute approximate surface area is 285 Å². The maximum Gasteiger partial charge on any atom is 0.272 e. The van der Waals surface area contributed by atoms with E-state index in [1.165, 1.54) is 35.2 Å². The first-order valence-corrected chi connectivity index (χ1v) is 16.7. The number of rotatable bonds is 12. The molecule has 12 heteroatoms. The van der Waals surface area contributed by atoms with E-state index in [9.17, 15) is 24.5 Å². The highest BCUT2D eigenvalue weighted by Gasteiger charge is 2.21. The van der Waals surface area contributed by atoms with Crippen molar-refractivity contribution in [1.29, 1.82) is 0 Å². The molecule has 5 aromatic rings. The van der Waals surface area contributed by atoms with Crippen LogP contribution >= 0.6 is 23.1 Å². The third-order valence-electron chi connectivity index (χ3n) is 7.00. The summed E-state index contributed by atoms with van der Waals surface area (Å²) in [5.41, 5.74) is 3.82. The molecule has 0 saturated heterocycles. The van der Waals surface area contributed by atoms with E-state index in [4.69, 9.17) is 0 Å². The fourth-order valence-electron chi connectivity index (χ4n) is 4.63. The lowest BCUT2D eigenvalue weighted by Gasteiger charge is -2.15. The van der Waals surface area contributed by atoms with Crippen LogP contribution in [0.25, 0.3) is 17.3 Å². The average Bonchev–Trinajstić information content (AvgIpc) is 3.56. The van der Waals surface area contributed by atoms with Gasteiger partial charge >= 0.3 is 0 Å². The molecular formula is C36H31N5O5S2. The number of non-ortho nitro benzene ring substituents is 1. The molecule has 1 atom stereocenters. The molecule has 0 aliphatic carbocycles. The van der Waals surface area contributed by atoms with Gasteiger partial charge in [0, 0.05) is 39.2 Å². The van der Waals surface area contributed by atoms with Gasteiger partial charge in [0.15, 0.2) is 5.13 Å². The van der Waals surface area contributed by atoms with Gasteiger partial charge in [-0.3, -0.25) is 24.5 Å². The maximum absolute atomic E-state index is 13.5. The third-order valence-corrected chi connectivity index (χ3v) is 9.12. The highest BCUT2D eigenvalue weighted by molar-refractivity contribution is 8.00. The van der Waals surface area contributed by atoms with Gasteiger partial charge in [-0.15, -0.1) is 23.1 Å². The van der Waals surface area contributed by atoms with Crippen LogP contribution in [0.3, 0.4) is 0 Å². The first-order valence-electron chi connectivity index (χ1n) is 14.9. The van der Waals surface area contributed by atoms with Gasteiger partial charge < -0.3 is 16.0 Å². The first kappa shape index (κ1) is 33.8. The normalized spacial score (nSPS) is 11.8. The Morgan fingerprint density at radius 1 is 0.938 bits per heavy atom. The van der Waals surface area contributed by atoms with Crippen LogP contribution in [0.15, 0.2) is 119 Å². The van der Waals surface area contributed by atoms with Crippen molar-refractivity contribution < 1.29 is 19.3 Å². The number of nitro benzene ring substituents is 1. The quantitative estimate of drug-likeness (QED) is 0.0526. The Hall–Kier alpha value is -5.59. The predicted octanol–water partition coefficient (Wildman–Crippen LogP) is 7.95. The molecule has 0 bridgehead atoms. The lowest BCUT2D eigenvalue weighted by molar-refractivity contribution is -0.384. The zero-order chi connectivity index (χ0) is 34.0. The minimum absolute atomic E-state index is 0.0394. The first-order chi connectivity index (χ1) is 23.2. The van der Waals surface area contributed by atoms with Crippen molar-refractivity contribution in [3.8, 4) is 11.3 Å². The molecule has 0 fully saturated rings. The van der Waals surface area contributed by atoms with Gasteiger partial charge in [0.05, 0.1) is 15.9 Å². The minimum Gasteiger partial charge on any atom is -0.321 e. The summed E-state index contributed by atoms with van der Waals surface area (Å²) >= 11 is 2.57. The fourth-order valence-corrected chi connectivity index (χ4v) is 6.37. The number of thioether (sulfide) groups is 1. The molecule has 5 rings (SSSR count). The Balaban J connectivity index is 1.27. The van der Waals surface area contributed by atoms with Gasteiger partial charge in [0.1, 0.15) is 5.70 Å². The van der Waals surface area contributed by atoms with Crippen LogP contribution in [0.1, 0.15) is 34.8 Å². The zero-order valence-corrected chi connectivity index (χ0v) is 27.6. The maximum atomic E-state index is 13.5. The molecule has 1 unspecified atom stereocenters. The molecule has 0 radical (unpaired) electrons. The van der Waals surface area contributed by atoms with E-state index >= 15 is 0 Å². The van der Waals surface area contributed by atoms with Crippen LogP contribution in [0.5, 0.6) is 0 Å². The van der Waals surface area contributed by atoms with E-state index in [0.29, 0.717) is 34.1 Å². The molecule has 0 aliphatic rings. The number of carbonyl (C=O) groups is 3. The summed E-state index contributed by atoms with van der Waals surface area (Å²) in [6, 6.07) is 29.5. The van der Waals surface area contributed by atoms with Crippen molar-refractivity contribution in [2.24, 2.45) is 0 Å². The van der Waals surface area contributed by atoms with Crippen molar-refractivity contribution >= 4 is 63.4 Å². The number of hydrogen-bond donors (Lipinski definition) is 3. The van der Waals surface area contributed by atoms with Crippen LogP contribution in [0.2, 0.25) is 0 Å². The van der Waals surface area contributed by atoms with Gasteiger partial charge in [0.2, 0.25) is 5.91 Å². The molecule has 3 amide bonds. The van der Waals surface area contributed by atoms with Crippen molar-refractivity contribution in [2.75, 3.05) is 10.6 Å². The van der Waals surface area contributed by atoms with Crippen LogP contribution in [0, 0.1) is 17.0 Å². The Kier molecular flexibility index (Phi) is 11.1. The standard InChI is InChI=1S/C36H31N5O5S2/c1-3-32(35(44)40-36-39-31(22-47-36)26-14-8-16-28(20-26)41(45)46)48-29-17-9-15-27(21-29)37-34(43)30(19-24-11-7-10-23(2)18-24)38-33(42)25-12-5-4-6-13-25/h4-22,32H,3H2,1-2H3,(H,37,43)(H,38,42)(H,39,40,44)/b30-19+. The smallest absolute Gasteiger partial charge is 0.272 e. The summed E-state index contributed by atoms with van der Waals surface area (Å²) in [6.45, 7) is 3.85. The average molecular weight is 678 g/mol. The summed E-state index contributed by atoms with van der Waals surface area (Å²) in [6.07, 6.45) is 2.15. The Morgan fingerprint density at radius 3 is 2.46 bits per heavy atom. The number of anilines is 2. The van der Waals surface area contributed by atoms with E-state index < -0.39 is 22.0 Å². The van der Waals surface area contributed by atoms with Crippen LogP contribution in [-0.2, 0) is 9.59 Å². The number of nitrogens with one attached hydrogen (secondary N) is 3. The van der Waals surface area contributed by atoms with E-state index in [1.807, 2.05) is 50.2 Å². The number of nitrogens with zero attached hydrogens (tertiary/aromatic N) is 2. The summed E-state index contributed by atoms with van der Waals surface area (Å²) < 4.78 is 0. The van der Waals surface area contributed by atoms with Crippen molar-refractivity contribution in [2.45, 2.75) is 30.4 Å². The van der Waals surface area contributed by atoms with Gasteiger partial charge in [0.25, 0.3) is 17.5 Å². The summed E-state index contributed by atoms with van der Waals surface area (Å²) in [5, 5.41) is 21.3. The molecule has 1 aromatic heterocycles. The van der Waals surface area contributed by atoms with Crippen LogP contribution < -0.4 is 16.0 Å². The molecule has 10 nitrogen and oxygen atoms in total. The molecule has 0 saturated carbocycles. The van der Waals surface area contributed by atoms with Gasteiger partial charge in [-0.05, 0) is 55.3 Å². The molecule has 0 aliphatic heterocycles. The number of hydrogen-bond acceptors (Lipinski definition) is 8. The third kappa shape index (κ3) is 9.02. The predicted molar refractivity (Wildman–Crippen MR) is 191 cm³/mol. The number of benzene rings is 4. The lowest BCUT2D eigenvalue weighted by Crippen LogP contribution is -2.30. The molecule has 0 spiro atoms. The lowest BCUT2D eigenvalue weighted by atomic mass is 10.1. The molecule has 48 heavy (non-hydrogen) atoms.